The molecule has 0 saturated heterocycles. The third-order valence-electron chi connectivity index (χ3n) is 4.35. The van der Waals surface area contributed by atoms with Crippen LogP contribution in [0.15, 0.2) is 53.4 Å². The van der Waals surface area contributed by atoms with Gasteiger partial charge in [0.15, 0.2) is 0 Å². The van der Waals surface area contributed by atoms with Gasteiger partial charge in [0.2, 0.25) is 0 Å². The molecule has 0 bridgehead atoms. The van der Waals surface area contributed by atoms with E-state index in [9.17, 15) is 4.79 Å². The predicted octanol–water partition coefficient (Wildman–Crippen LogP) is 6.98. The van der Waals surface area contributed by atoms with E-state index in [0.717, 1.165) is 5.56 Å². The molecule has 0 radical (unpaired) electrons. The molecule has 26 heavy (non-hydrogen) atoms. The number of rotatable bonds is 11. The van der Waals surface area contributed by atoms with E-state index in [-0.39, 0.29) is 5.97 Å². The van der Waals surface area contributed by atoms with Crippen LogP contribution in [0.2, 0.25) is 0 Å². The largest absolute Gasteiger partial charge is 0.462 e. The number of hydrogen-bond acceptors (Lipinski definition) is 3. The lowest BCUT2D eigenvalue weighted by Crippen LogP contribution is -2.03. The molecule has 0 aliphatic heterocycles. The lowest BCUT2D eigenvalue weighted by Gasteiger charge is -2.06. The van der Waals surface area contributed by atoms with Crippen LogP contribution in [0.5, 0.6) is 0 Å². The monoisotopic (exact) mass is 370 g/mol. The molecule has 0 N–H and O–H groups in total. The van der Waals surface area contributed by atoms with Gasteiger partial charge in [-0.2, -0.15) is 0 Å². The molecule has 0 heterocycles. The van der Waals surface area contributed by atoms with Crippen molar-refractivity contribution in [1.82, 2.24) is 0 Å². The number of esters is 1. The Morgan fingerprint density at radius 3 is 2.00 bits per heavy atom. The van der Waals surface area contributed by atoms with Gasteiger partial charge in [-0.25, -0.2) is 4.79 Å². The van der Waals surface area contributed by atoms with Crippen LogP contribution in [0.3, 0.4) is 0 Å². The molecule has 0 unspecified atom stereocenters. The van der Waals surface area contributed by atoms with Gasteiger partial charge >= 0.3 is 5.97 Å². The molecular weight excluding hydrogens is 340 g/mol. The van der Waals surface area contributed by atoms with Gasteiger partial charge in [0.05, 0.1) is 12.2 Å². The first-order valence-electron chi connectivity index (χ1n) is 9.75. The summed E-state index contributed by atoms with van der Waals surface area (Å²) in [5.74, 6) is 0.931. The fraction of sp³-hybridized carbons (Fsp3) is 0.435. The fourth-order valence-electron chi connectivity index (χ4n) is 2.83. The van der Waals surface area contributed by atoms with Gasteiger partial charge in [0, 0.05) is 4.90 Å². The van der Waals surface area contributed by atoms with Gasteiger partial charge in [-0.05, 0) is 54.5 Å². The Labute approximate surface area is 162 Å². The molecule has 140 valence electrons. The smallest absolute Gasteiger partial charge is 0.338 e. The molecule has 0 aliphatic carbocycles. The SMILES string of the molecule is CCCCCCCCSc1ccc(-c2ccc(C(=O)OCC)cc2)cc1. The molecule has 2 aromatic carbocycles. The number of ether oxygens (including phenoxy) is 1. The second-order valence-electron chi connectivity index (χ2n) is 6.44. The summed E-state index contributed by atoms with van der Waals surface area (Å²) >= 11 is 1.94. The minimum atomic E-state index is -0.263. The maximum atomic E-state index is 11.7. The van der Waals surface area contributed by atoms with E-state index >= 15 is 0 Å². The first kappa shape index (κ1) is 20.6. The van der Waals surface area contributed by atoms with Crippen molar-refractivity contribution in [2.45, 2.75) is 57.3 Å². The van der Waals surface area contributed by atoms with Crippen molar-refractivity contribution < 1.29 is 9.53 Å². The van der Waals surface area contributed by atoms with Crippen molar-refractivity contribution in [2.75, 3.05) is 12.4 Å². The van der Waals surface area contributed by atoms with Crippen LogP contribution in [0.1, 0.15) is 62.7 Å². The van der Waals surface area contributed by atoms with E-state index < -0.39 is 0 Å². The Morgan fingerprint density at radius 2 is 1.38 bits per heavy atom. The highest BCUT2D eigenvalue weighted by Crippen LogP contribution is 2.25. The van der Waals surface area contributed by atoms with Gasteiger partial charge in [-0.1, -0.05) is 63.3 Å². The highest BCUT2D eigenvalue weighted by atomic mass is 32.2. The topological polar surface area (TPSA) is 26.3 Å². The molecule has 0 aliphatic rings. The van der Waals surface area contributed by atoms with Crippen molar-refractivity contribution in [3.05, 3.63) is 54.1 Å². The molecule has 0 atom stereocenters. The molecule has 2 nitrogen and oxygen atoms in total. The first-order chi connectivity index (χ1) is 12.7. The molecular formula is C23H30O2S. The quantitative estimate of drug-likeness (QED) is 0.242. The zero-order valence-electron chi connectivity index (χ0n) is 16.0. The summed E-state index contributed by atoms with van der Waals surface area (Å²) in [5, 5.41) is 0. The zero-order chi connectivity index (χ0) is 18.6. The highest BCUT2D eigenvalue weighted by Gasteiger charge is 2.06. The molecule has 0 amide bonds. The Hall–Kier alpha value is -1.74. The predicted molar refractivity (Wildman–Crippen MR) is 112 cm³/mol. The van der Waals surface area contributed by atoms with Crippen LogP contribution in [-0.2, 0) is 4.74 Å². The number of carbonyl (C=O) groups is 1. The standard InChI is InChI=1S/C23H30O2S/c1-3-5-6-7-8-9-18-26-22-16-14-20(15-17-22)19-10-12-21(13-11-19)23(24)25-4-2/h10-17H,3-9,18H2,1-2H3. The summed E-state index contributed by atoms with van der Waals surface area (Å²) in [6.45, 7) is 4.48. The van der Waals surface area contributed by atoms with E-state index in [1.54, 1.807) is 0 Å². The first-order valence-corrected chi connectivity index (χ1v) is 10.7. The van der Waals surface area contributed by atoms with Crippen LogP contribution in [-0.4, -0.2) is 18.3 Å². The van der Waals surface area contributed by atoms with Crippen LogP contribution in [0.4, 0.5) is 0 Å². The average Bonchev–Trinajstić information content (AvgIpc) is 2.68. The number of thioether (sulfide) groups is 1. The van der Waals surface area contributed by atoms with Gasteiger partial charge in [-0.15, -0.1) is 11.8 Å². The zero-order valence-corrected chi connectivity index (χ0v) is 16.8. The van der Waals surface area contributed by atoms with E-state index in [4.69, 9.17) is 4.74 Å². The lowest BCUT2D eigenvalue weighted by atomic mass is 10.0. The summed E-state index contributed by atoms with van der Waals surface area (Å²) in [6, 6.07) is 16.3. The van der Waals surface area contributed by atoms with Crippen LogP contribution in [0, 0.1) is 0 Å². The van der Waals surface area contributed by atoms with Crippen molar-refractivity contribution >= 4 is 17.7 Å². The maximum absolute atomic E-state index is 11.7. The van der Waals surface area contributed by atoms with E-state index in [1.165, 1.54) is 54.7 Å². The maximum Gasteiger partial charge on any atom is 0.338 e. The van der Waals surface area contributed by atoms with Crippen molar-refractivity contribution in [2.24, 2.45) is 0 Å². The van der Waals surface area contributed by atoms with Crippen molar-refractivity contribution in [3.63, 3.8) is 0 Å². The van der Waals surface area contributed by atoms with E-state index in [1.807, 2.05) is 43.0 Å². The van der Waals surface area contributed by atoms with E-state index in [0.29, 0.717) is 12.2 Å². The fourth-order valence-corrected chi connectivity index (χ4v) is 3.74. The second kappa shape index (κ2) is 11.8. The minimum Gasteiger partial charge on any atom is -0.462 e. The molecule has 2 aromatic rings. The number of carbonyl (C=O) groups excluding carboxylic acids is 1. The van der Waals surface area contributed by atoms with E-state index in [2.05, 4.69) is 31.2 Å². The Balaban J connectivity index is 1.80. The Kier molecular flexibility index (Phi) is 9.33. The summed E-state index contributed by atoms with van der Waals surface area (Å²) in [4.78, 5) is 13.0. The Morgan fingerprint density at radius 1 is 0.808 bits per heavy atom. The van der Waals surface area contributed by atoms with Gasteiger partial charge in [0.25, 0.3) is 0 Å². The summed E-state index contributed by atoms with van der Waals surface area (Å²) in [6.07, 6.45) is 8.07. The normalized spacial score (nSPS) is 10.7. The summed E-state index contributed by atoms with van der Waals surface area (Å²) in [5.41, 5.74) is 2.89. The molecule has 0 aromatic heterocycles. The molecule has 0 spiro atoms. The molecule has 0 saturated carbocycles. The van der Waals surface area contributed by atoms with Crippen molar-refractivity contribution in [3.8, 4) is 11.1 Å². The van der Waals surface area contributed by atoms with Gasteiger partial charge < -0.3 is 4.74 Å². The van der Waals surface area contributed by atoms with Crippen LogP contribution < -0.4 is 0 Å². The summed E-state index contributed by atoms with van der Waals surface area (Å²) in [7, 11) is 0. The van der Waals surface area contributed by atoms with Crippen LogP contribution in [0.25, 0.3) is 11.1 Å². The van der Waals surface area contributed by atoms with Gasteiger partial charge in [-0.3, -0.25) is 0 Å². The second-order valence-corrected chi connectivity index (χ2v) is 7.61. The highest BCUT2D eigenvalue weighted by molar-refractivity contribution is 7.99. The molecule has 2 rings (SSSR count). The number of hydrogen-bond donors (Lipinski definition) is 0. The lowest BCUT2D eigenvalue weighted by molar-refractivity contribution is 0.0526. The average molecular weight is 371 g/mol. The van der Waals surface area contributed by atoms with Gasteiger partial charge in [0.1, 0.15) is 0 Å². The number of benzene rings is 2. The van der Waals surface area contributed by atoms with Crippen LogP contribution >= 0.6 is 11.8 Å². The van der Waals surface area contributed by atoms with Crippen molar-refractivity contribution in [1.29, 1.82) is 0 Å². The third kappa shape index (κ3) is 6.87. The Bertz CT molecular complexity index is 647. The minimum absolute atomic E-state index is 0.263. The summed E-state index contributed by atoms with van der Waals surface area (Å²) < 4.78 is 5.02. The third-order valence-corrected chi connectivity index (χ3v) is 5.45. The number of unbranched alkanes of at least 4 members (excludes halogenated alkanes) is 5. The molecule has 3 heteroatoms. The molecule has 0 fully saturated rings.